The zero-order valence-corrected chi connectivity index (χ0v) is 11.2. The van der Waals surface area contributed by atoms with Crippen LogP contribution in [-0.4, -0.2) is 71.5 Å². The van der Waals surface area contributed by atoms with E-state index in [9.17, 15) is 9.59 Å². The molecule has 0 aromatic rings. The van der Waals surface area contributed by atoms with Crippen LogP contribution in [0.15, 0.2) is 0 Å². The number of carbonyl (C=O) groups excluding carboxylic acids is 1. The summed E-state index contributed by atoms with van der Waals surface area (Å²) in [6.45, 7) is 1.57. The topological polar surface area (TPSA) is 60.9 Å². The quantitative estimate of drug-likeness (QED) is 0.773. The van der Waals surface area contributed by atoms with Crippen molar-refractivity contribution in [3.05, 3.63) is 0 Å². The Bertz CT molecular complexity index is 284. The highest BCUT2D eigenvalue weighted by Crippen LogP contribution is 2.15. The lowest BCUT2D eigenvalue weighted by Crippen LogP contribution is -2.48. The first-order valence-corrected chi connectivity index (χ1v) is 6.90. The van der Waals surface area contributed by atoms with Crippen LogP contribution >= 0.6 is 11.8 Å². The number of amides is 1. The summed E-state index contributed by atoms with van der Waals surface area (Å²) in [6.07, 6.45) is 2.15. The van der Waals surface area contributed by atoms with Crippen molar-refractivity contribution in [2.75, 3.05) is 38.7 Å². The van der Waals surface area contributed by atoms with Crippen LogP contribution < -0.4 is 0 Å². The molecule has 0 spiro atoms. The highest BCUT2D eigenvalue weighted by atomic mass is 32.2. The number of nitrogens with zero attached hydrogens (tertiary/aromatic N) is 2. The minimum Gasteiger partial charge on any atom is -0.481 e. The molecule has 1 saturated heterocycles. The number of hydrogen-bond donors (Lipinski definition) is 1. The maximum absolute atomic E-state index is 11.8. The summed E-state index contributed by atoms with van der Waals surface area (Å²) in [5, 5.41) is 8.50. The van der Waals surface area contributed by atoms with Crippen LogP contribution in [0.4, 0.5) is 0 Å². The third-order valence-electron chi connectivity index (χ3n) is 2.93. The van der Waals surface area contributed by atoms with E-state index >= 15 is 0 Å². The Balaban J connectivity index is 2.33. The van der Waals surface area contributed by atoms with Crippen molar-refractivity contribution in [2.24, 2.45) is 0 Å². The van der Waals surface area contributed by atoms with E-state index in [4.69, 9.17) is 5.11 Å². The zero-order chi connectivity index (χ0) is 12.8. The third kappa shape index (κ3) is 4.95. The van der Waals surface area contributed by atoms with Gasteiger partial charge in [-0.2, -0.15) is 0 Å². The van der Waals surface area contributed by atoms with E-state index in [0.717, 1.165) is 25.9 Å². The van der Waals surface area contributed by atoms with Gasteiger partial charge in [0.05, 0.1) is 11.5 Å². The maximum atomic E-state index is 11.8. The number of carboxylic acids is 1. The van der Waals surface area contributed by atoms with Gasteiger partial charge < -0.3 is 14.9 Å². The van der Waals surface area contributed by atoms with Gasteiger partial charge in [-0.25, -0.2) is 0 Å². The number of thioether (sulfide) groups is 1. The van der Waals surface area contributed by atoms with Crippen molar-refractivity contribution in [2.45, 2.75) is 18.9 Å². The smallest absolute Gasteiger partial charge is 0.313 e. The van der Waals surface area contributed by atoms with Gasteiger partial charge in [-0.1, -0.05) is 0 Å². The fraction of sp³-hybridized carbons (Fsp3) is 0.818. The molecule has 0 bridgehead atoms. The lowest BCUT2D eigenvalue weighted by Gasteiger charge is -2.36. The van der Waals surface area contributed by atoms with Crippen molar-refractivity contribution in [1.29, 1.82) is 0 Å². The van der Waals surface area contributed by atoms with Gasteiger partial charge in [-0.15, -0.1) is 11.8 Å². The summed E-state index contributed by atoms with van der Waals surface area (Å²) >= 11 is 1.17. The summed E-state index contributed by atoms with van der Waals surface area (Å²) in [5.74, 6) is -0.543. The number of rotatable bonds is 5. The zero-order valence-electron chi connectivity index (χ0n) is 10.4. The first-order valence-electron chi connectivity index (χ1n) is 5.74. The van der Waals surface area contributed by atoms with Gasteiger partial charge in [0.25, 0.3) is 0 Å². The largest absolute Gasteiger partial charge is 0.481 e. The Morgan fingerprint density at radius 1 is 1.41 bits per heavy atom. The average molecular weight is 260 g/mol. The Morgan fingerprint density at radius 2 is 2.12 bits per heavy atom. The molecule has 0 radical (unpaired) electrons. The predicted octanol–water partition coefficient (Wildman–Crippen LogP) is 0.357. The second kappa shape index (κ2) is 6.86. The molecule has 6 heteroatoms. The van der Waals surface area contributed by atoms with Crippen molar-refractivity contribution in [1.82, 2.24) is 9.80 Å². The summed E-state index contributed by atoms with van der Waals surface area (Å²) in [4.78, 5) is 26.2. The summed E-state index contributed by atoms with van der Waals surface area (Å²) in [5.41, 5.74) is 0. The van der Waals surface area contributed by atoms with Gasteiger partial charge in [0, 0.05) is 19.1 Å². The second-order valence-corrected chi connectivity index (χ2v) is 5.47. The molecule has 1 unspecified atom stereocenters. The summed E-state index contributed by atoms with van der Waals surface area (Å²) in [6, 6.07) is 0.428. The van der Waals surface area contributed by atoms with E-state index in [-0.39, 0.29) is 17.4 Å². The lowest BCUT2D eigenvalue weighted by atomic mass is 10.1. The molecule has 0 aromatic heterocycles. The molecular formula is C11H20N2O3S. The number of hydrogen-bond acceptors (Lipinski definition) is 4. The minimum absolute atomic E-state index is 0.00328. The van der Waals surface area contributed by atoms with E-state index < -0.39 is 5.97 Å². The van der Waals surface area contributed by atoms with Crippen LogP contribution in [0.2, 0.25) is 0 Å². The fourth-order valence-electron chi connectivity index (χ4n) is 1.92. The molecular weight excluding hydrogens is 240 g/mol. The first-order chi connectivity index (χ1) is 8.00. The van der Waals surface area contributed by atoms with E-state index in [1.165, 1.54) is 11.8 Å². The Labute approximate surface area is 106 Å². The van der Waals surface area contributed by atoms with E-state index in [2.05, 4.69) is 4.90 Å². The van der Waals surface area contributed by atoms with Crippen molar-refractivity contribution >= 4 is 23.6 Å². The molecule has 0 aromatic carbocycles. The number of carbonyl (C=O) groups is 2. The first kappa shape index (κ1) is 14.3. The second-order valence-electron chi connectivity index (χ2n) is 4.49. The molecule has 1 amide bonds. The third-order valence-corrected chi connectivity index (χ3v) is 3.83. The van der Waals surface area contributed by atoms with Crippen LogP contribution in [0.3, 0.4) is 0 Å². The molecule has 5 nitrogen and oxygen atoms in total. The molecule has 17 heavy (non-hydrogen) atoms. The monoisotopic (exact) mass is 260 g/mol. The van der Waals surface area contributed by atoms with Gasteiger partial charge in [-0.3, -0.25) is 9.59 Å². The minimum atomic E-state index is -0.868. The number of likely N-dealkylation sites (tertiary alicyclic amines) is 1. The highest BCUT2D eigenvalue weighted by molar-refractivity contribution is 8.00. The lowest BCUT2D eigenvalue weighted by molar-refractivity contribution is -0.133. The number of piperidine rings is 1. The molecule has 1 N–H and O–H groups in total. The molecule has 1 rings (SSSR count). The molecule has 0 aliphatic carbocycles. The van der Waals surface area contributed by atoms with Crippen LogP contribution in [-0.2, 0) is 9.59 Å². The molecule has 1 aliphatic heterocycles. The molecule has 98 valence electrons. The Hall–Kier alpha value is -0.750. The fourth-order valence-corrected chi connectivity index (χ4v) is 2.55. The standard InChI is InChI=1S/C11H20N2O3S/c1-12(2)9-4-3-5-13(6-9)10(14)7-17-8-11(15)16/h9H,3-8H2,1-2H3,(H,15,16). The molecule has 1 fully saturated rings. The van der Waals surface area contributed by atoms with Crippen molar-refractivity contribution < 1.29 is 14.7 Å². The van der Waals surface area contributed by atoms with Gasteiger partial charge in [-0.05, 0) is 26.9 Å². The molecule has 1 aliphatic rings. The van der Waals surface area contributed by atoms with Crippen molar-refractivity contribution in [3.63, 3.8) is 0 Å². The van der Waals surface area contributed by atoms with E-state index in [1.807, 2.05) is 19.0 Å². The molecule has 1 heterocycles. The average Bonchev–Trinajstić information content (AvgIpc) is 2.28. The molecule has 1 atom stereocenters. The SMILES string of the molecule is CN(C)C1CCCN(C(=O)CSCC(=O)O)C1. The van der Waals surface area contributed by atoms with Crippen LogP contribution in [0.5, 0.6) is 0 Å². The number of aliphatic carboxylic acids is 1. The van der Waals surface area contributed by atoms with Gasteiger partial charge in [0.1, 0.15) is 0 Å². The van der Waals surface area contributed by atoms with E-state index in [0.29, 0.717) is 6.04 Å². The Kier molecular flexibility index (Phi) is 5.77. The Morgan fingerprint density at radius 3 is 2.71 bits per heavy atom. The molecule has 0 saturated carbocycles. The van der Waals surface area contributed by atoms with Crippen LogP contribution in [0, 0.1) is 0 Å². The van der Waals surface area contributed by atoms with Crippen LogP contribution in [0.25, 0.3) is 0 Å². The van der Waals surface area contributed by atoms with Gasteiger partial charge in [0.15, 0.2) is 0 Å². The van der Waals surface area contributed by atoms with E-state index in [1.54, 1.807) is 0 Å². The van der Waals surface area contributed by atoms with Gasteiger partial charge in [0.2, 0.25) is 5.91 Å². The number of carboxylic acid groups (broad SMARTS) is 1. The highest BCUT2D eigenvalue weighted by Gasteiger charge is 2.24. The van der Waals surface area contributed by atoms with Crippen LogP contribution in [0.1, 0.15) is 12.8 Å². The predicted molar refractivity (Wildman–Crippen MR) is 68.2 cm³/mol. The summed E-state index contributed by atoms with van der Waals surface area (Å²) < 4.78 is 0. The maximum Gasteiger partial charge on any atom is 0.313 e. The number of likely N-dealkylation sites (N-methyl/N-ethyl adjacent to an activating group) is 1. The van der Waals surface area contributed by atoms with Crippen molar-refractivity contribution in [3.8, 4) is 0 Å². The summed E-state index contributed by atoms with van der Waals surface area (Å²) in [7, 11) is 4.05. The normalized spacial score (nSPS) is 20.6. The van der Waals surface area contributed by atoms with Gasteiger partial charge >= 0.3 is 5.97 Å².